The molecule has 2 rings (SSSR count). The highest BCUT2D eigenvalue weighted by atomic mass is 16.5. The van der Waals surface area contributed by atoms with E-state index in [1.165, 1.54) is 0 Å². The summed E-state index contributed by atoms with van der Waals surface area (Å²) in [6.45, 7) is 4.12. The molecule has 1 aromatic heterocycles. The van der Waals surface area contributed by atoms with Crippen molar-refractivity contribution < 1.29 is 4.74 Å². The van der Waals surface area contributed by atoms with Gasteiger partial charge in [0.05, 0.1) is 24.5 Å². The number of methoxy groups -OCH3 is 1. The maximum Gasteiger partial charge on any atom is 0.128 e. The number of rotatable bonds is 5. The maximum absolute atomic E-state index is 6.29. The van der Waals surface area contributed by atoms with Crippen LogP contribution >= 0.6 is 0 Å². The predicted octanol–water partition coefficient (Wildman–Crippen LogP) is 3.06. The maximum atomic E-state index is 6.29. The molecule has 0 saturated carbocycles. The Labute approximate surface area is 114 Å². The third kappa shape index (κ3) is 2.79. The van der Waals surface area contributed by atoms with Crippen LogP contribution in [0.25, 0.3) is 11.3 Å². The molecule has 0 spiro atoms. The second kappa shape index (κ2) is 5.45. The fraction of sp³-hybridized carbons (Fsp3) is 0.400. The molecule has 0 aliphatic rings. The van der Waals surface area contributed by atoms with Crippen molar-refractivity contribution in [2.24, 2.45) is 5.73 Å². The lowest BCUT2D eigenvalue weighted by atomic mass is 9.97. The lowest BCUT2D eigenvalue weighted by Crippen LogP contribution is -2.34. The fourth-order valence-electron chi connectivity index (χ4n) is 2.25. The highest BCUT2D eigenvalue weighted by molar-refractivity contribution is 5.66. The first-order valence-electron chi connectivity index (χ1n) is 6.56. The molecular weight excluding hydrogens is 238 g/mol. The number of nitrogens with zero attached hydrogens (tertiary/aromatic N) is 1. The Morgan fingerprint density at radius 2 is 2.11 bits per heavy atom. The average Bonchev–Trinajstić information content (AvgIpc) is 2.89. The first-order valence-corrected chi connectivity index (χ1v) is 6.56. The van der Waals surface area contributed by atoms with Gasteiger partial charge in [-0.25, -0.2) is 4.98 Å². The Morgan fingerprint density at radius 1 is 1.37 bits per heavy atom. The van der Waals surface area contributed by atoms with Gasteiger partial charge in [-0.05, 0) is 25.5 Å². The molecule has 0 saturated heterocycles. The van der Waals surface area contributed by atoms with Crippen LogP contribution in [0, 0.1) is 0 Å². The number of benzene rings is 1. The largest absolute Gasteiger partial charge is 0.496 e. The smallest absolute Gasteiger partial charge is 0.128 e. The van der Waals surface area contributed by atoms with E-state index in [0.29, 0.717) is 0 Å². The number of hydrogen-bond donors (Lipinski definition) is 2. The van der Waals surface area contributed by atoms with Crippen molar-refractivity contribution in [3.05, 3.63) is 36.3 Å². The molecule has 0 fully saturated rings. The first-order chi connectivity index (χ1) is 9.08. The summed E-state index contributed by atoms with van der Waals surface area (Å²) in [7, 11) is 1.67. The summed E-state index contributed by atoms with van der Waals surface area (Å²) >= 11 is 0. The zero-order chi connectivity index (χ0) is 13.9. The molecule has 0 radical (unpaired) electrons. The summed E-state index contributed by atoms with van der Waals surface area (Å²) in [5, 5.41) is 0. The van der Waals surface area contributed by atoms with Gasteiger partial charge < -0.3 is 15.5 Å². The number of ether oxygens (including phenoxy) is 1. The normalized spacial score (nSPS) is 14.1. The molecule has 3 N–H and O–H groups in total. The van der Waals surface area contributed by atoms with Crippen molar-refractivity contribution in [3.8, 4) is 17.0 Å². The molecule has 4 nitrogen and oxygen atoms in total. The van der Waals surface area contributed by atoms with Crippen molar-refractivity contribution in [1.82, 2.24) is 9.97 Å². The van der Waals surface area contributed by atoms with Crippen LogP contribution in [0.1, 0.15) is 32.5 Å². The zero-order valence-electron chi connectivity index (χ0n) is 11.7. The summed E-state index contributed by atoms with van der Waals surface area (Å²) in [6, 6.07) is 7.86. The van der Waals surface area contributed by atoms with E-state index in [1.807, 2.05) is 37.4 Å². The van der Waals surface area contributed by atoms with Crippen molar-refractivity contribution in [2.45, 2.75) is 32.2 Å². The van der Waals surface area contributed by atoms with Crippen molar-refractivity contribution >= 4 is 0 Å². The van der Waals surface area contributed by atoms with Crippen molar-refractivity contribution in [2.75, 3.05) is 7.11 Å². The second-order valence-electron chi connectivity index (χ2n) is 5.01. The van der Waals surface area contributed by atoms with Gasteiger partial charge in [0.2, 0.25) is 0 Å². The topological polar surface area (TPSA) is 63.9 Å². The number of hydrogen-bond acceptors (Lipinski definition) is 3. The minimum Gasteiger partial charge on any atom is -0.496 e. The molecule has 19 heavy (non-hydrogen) atoms. The van der Waals surface area contributed by atoms with Gasteiger partial charge in [0, 0.05) is 5.56 Å². The molecule has 1 atom stereocenters. The zero-order valence-corrected chi connectivity index (χ0v) is 11.7. The number of para-hydroxylation sites is 1. The van der Waals surface area contributed by atoms with Crippen LogP contribution in [0.4, 0.5) is 0 Å². The molecule has 4 heteroatoms. The molecule has 0 amide bonds. The lowest BCUT2D eigenvalue weighted by molar-refractivity contribution is 0.415. The van der Waals surface area contributed by atoms with Gasteiger partial charge in [-0.3, -0.25) is 0 Å². The highest BCUT2D eigenvalue weighted by Gasteiger charge is 2.24. The van der Waals surface area contributed by atoms with Crippen LogP contribution in [-0.2, 0) is 5.54 Å². The van der Waals surface area contributed by atoms with E-state index in [0.717, 1.165) is 35.7 Å². The van der Waals surface area contributed by atoms with Crippen LogP contribution < -0.4 is 10.5 Å². The molecule has 0 aliphatic carbocycles. The minimum atomic E-state index is -0.422. The quantitative estimate of drug-likeness (QED) is 0.867. The minimum absolute atomic E-state index is 0.422. The Morgan fingerprint density at radius 3 is 2.79 bits per heavy atom. The Bertz CT molecular complexity index is 546. The molecule has 1 aromatic carbocycles. The van der Waals surface area contributed by atoms with Crippen LogP contribution in [-0.4, -0.2) is 17.1 Å². The standard InChI is InChI=1S/C15H21N3O/c1-4-9-15(2,16)14-17-10-12(18-14)11-7-5-6-8-13(11)19-3/h5-8,10H,4,9,16H2,1-3H3,(H,17,18). The summed E-state index contributed by atoms with van der Waals surface area (Å²) in [5.41, 5.74) is 7.79. The van der Waals surface area contributed by atoms with Crippen molar-refractivity contribution in [1.29, 1.82) is 0 Å². The van der Waals surface area contributed by atoms with Gasteiger partial charge in [0.25, 0.3) is 0 Å². The van der Waals surface area contributed by atoms with Gasteiger partial charge >= 0.3 is 0 Å². The van der Waals surface area contributed by atoms with E-state index in [9.17, 15) is 0 Å². The summed E-state index contributed by atoms with van der Waals surface area (Å²) in [4.78, 5) is 7.74. The molecule has 0 bridgehead atoms. The third-order valence-electron chi connectivity index (χ3n) is 3.28. The number of nitrogens with one attached hydrogen (secondary N) is 1. The Hall–Kier alpha value is -1.81. The number of aromatic nitrogens is 2. The number of imidazole rings is 1. The summed E-state index contributed by atoms with van der Waals surface area (Å²) in [5.74, 6) is 1.64. The van der Waals surface area contributed by atoms with E-state index in [-0.39, 0.29) is 0 Å². The van der Waals surface area contributed by atoms with Gasteiger partial charge in [-0.15, -0.1) is 0 Å². The van der Waals surface area contributed by atoms with Crippen LogP contribution in [0.15, 0.2) is 30.5 Å². The number of aromatic amines is 1. The first kappa shape index (κ1) is 13.6. The highest BCUT2D eigenvalue weighted by Crippen LogP contribution is 2.30. The summed E-state index contributed by atoms with van der Waals surface area (Å²) < 4.78 is 5.36. The van der Waals surface area contributed by atoms with Crippen LogP contribution in [0.5, 0.6) is 5.75 Å². The average molecular weight is 259 g/mol. The molecule has 2 aromatic rings. The molecule has 102 valence electrons. The van der Waals surface area contributed by atoms with E-state index in [4.69, 9.17) is 10.5 Å². The molecular formula is C15H21N3O. The fourth-order valence-corrected chi connectivity index (χ4v) is 2.25. The van der Waals surface area contributed by atoms with Gasteiger partial charge in [0.1, 0.15) is 11.6 Å². The van der Waals surface area contributed by atoms with E-state index in [1.54, 1.807) is 7.11 Å². The van der Waals surface area contributed by atoms with E-state index in [2.05, 4.69) is 16.9 Å². The Kier molecular flexibility index (Phi) is 3.90. The SMILES string of the molecule is CCCC(C)(N)c1ncc(-c2ccccc2OC)[nH]1. The predicted molar refractivity (Wildman–Crippen MR) is 77.0 cm³/mol. The second-order valence-corrected chi connectivity index (χ2v) is 5.01. The Balaban J connectivity index is 2.36. The van der Waals surface area contributed by atoms with Gasteiger partial charge in [-0.1, -0.05) is 25.5 Å². The van der Waals surface area contributed by atoms with Crippen LogP contribution in [0.2, 0.25) is 0 Å². The van der Waals surface area contributed by atoms with Crippen molar-refractivity contribution in [3.63, 3.8) is 0 Å². The lowest BCUT2D eigenvalue weighted by Gasteiger charge is -2.21. The number of H-pyrrole nitrogens is 1. The molecule has 1 unspecified atom stereocenters. The van der Waals surface area contributed by atoms with Gasteiger partial charge in [0.15, 0.2) is 0 Å². The monoisotopic (exact) mass is 259 g/mol. The number of nitrogens with two attached hydrogens (primary N) is 1. The summed E-state index contributed by atoms with van der Waals surface area (Å²) in [6.07, 6.45) is 3.73. The van der Waals surface area contributed by atoms with E-state index >= 15 is 0 Å². The molecule has 0 aliphatic heterocycles. The molecule has 1 heterocycles. The van der Waals surface area contributed by atoms with E-state index < -0.39 is 5.54 Å². The van der Waals surface area contributed by atoms with Gasteiger partial charge in [-0.2, -0.15) is 0 Å². The van der Waals surface area contributed by atoms with Crippen LogP contribution in [0.3, 0.4) is 0 Å². The third-order valence-corrected chi connectivity index (χ3v) is 3.28.